The predicted molar refractivity (Wildman–Crippen MR) is 104 cm³/mol. The molecule has 7 nitrogen and oxygen atoms in total. The molecule has 0 bridgehead atoms. The minimum atomic E-state index is -0.507. The van der Waals surface area contributed by atoms with Crippen molar-refractivity contribution >= 4 is 34.6 Å². The van der Waals surface area contributed by atoms with E-state index in [-0.39, 0.29) is 22.6 Å². The molecule has 0 saturated heterocycles. The highest BCUT2D eigenvalue weighted by Gasteiger charge is 2.16. The lowest BCUT2D eigenvalue weighted by atomic mass is 10.2. The van der Waals surface area contributed by atoms with Gasteiger partial charge in [0.1, 0.15) is 11.4 Å². The van der Waals surface area contributed by atoms with Gasteiger partial charge in [-0.25, -0.2) is 0 Å². The van der Waals surface area contributed by atoms with Crippen LogP contribution in [0.2, 0.25) is 0 Å². The van der Waals surface area contributed by atoms with Crippen molar-refractivity contribution in [1.82, 2.24) is 5.32 Å². The molecule has 0 aromatic heterocycles. The van der Waals surface area contributed by atoms with E-state index in [0.717, 1.165) is 5.56 Å². The zero-order chi connectivity index (χ0) is 19.3. The third-order valence-electron chi connectivity index (χ3n) is 3.29. The van der Waals surface area contributed by atoms with E-state index in [1.54, 1.807) is 43.3 Å². The molecule has 0 aliphatic rings. The first-order valence-electron chi connectivity index (χ1n) is 7.90. The number of ether oxygens (including phenoxy) is 1. The second-order valence-corrected chi connectivity index (χ2v) is 6.29. The number of rotatable bonds is 5. The monoisotopic (exact) mass is 373 g/mol. The Kier molecular flexibility index (Phi) is 6.24. The number of aryl methyl sites for hydroxylation is 1. The maximum absolute atomic E-state index is 12.3. The first kappa shape index (κ1) is 19.3. The molecule has 26 heavy (non-hydrogen) atoms. The van der Waals surface area contributed by atoms with Crippen LogP contribution in [0.5, 0.6) is 5.75 Å². The summed E-state index contributed by atoms with van der Waals surface area (Å²) in [6.45, 7) is 5.53. The Morgan fingerprint density at radius 2 is 1.96 bits per heavy atom. The lowest BCUT2D eigenvalue weighted by molar-refractivity contribution is -0.383. The fourth-order valence-electron chi connectivity index (χ4n) is 2.21. The Labute approximate surface area is 156 Å². The molecule has 0 saturated carbocycles. The molecular weight excluding hydrogens is 354 g/mol. The summed E-state index contributed by atoms with van der Waals surface area (Å²) in [5.41, 5.74) is 1.21. The Morgan fingerprint density at radius 1 is 1.23 bits per heavy atom. The lowest BCUT2D eigenvalue weighted by Gasteiger charge is -2.12. The molecule has 2 N–H and O–H groups in total. The van der Waals surface area contributed by atoms with Crippen molar-refractivity contribution in [2.24, 2.45) is 0 Å². The summed E-state index contributed by atoms with van der Waals surface area (Å²) < 4.78 is 5.56. The van der Waals surface area contributed by atoms with Crippen molar-refractivity contribution in [3.05, 3.63) is 63.7 Å². The molecular formula is C18H19N3O4S. The van der Waals surface area contributed by atoms with E-state index in [1.807, 2.05) is 13.8 Å². The van der Waals surface area contributed by atoms with Crippen LogP contribution in [0, 0.1) is 17.0 Å². The van der Waals surface area contributed by atoms with Crippen LogP contribution in [0.1, 0.15) is 29.8 Å². The second-order valence-electron chi connectivity index (χ2n) is 5.88. The van der Waals surface area contributed by atoms with E-state index < -0.39 is 10.8 Å². The van der Waals surface area contributed by atoms with Gasteiger partial charge in [-0.1, -0.05) is 12.1 Å². The van der Waals surface area contributed by atoms with E-state index in [9.17, 15) is 14.9 Å². The molecule has 0 atom stereocenters. The normalized spacial score (nSPS) is 10.3. The van der Waals surface area contributed by atoms with Gasteiger partial charge in [-0.15, -0.1) is 0 Å². The number of hydrogen-bond donors (Lipinski definition) is 2. The van der Waals surface area contributed by atoms with Gasteiger partial charge >= 0.3 is 0 Å². The zero-order valence-electron chi connectivity index (χ0n) is 14.6. The summed E-state index contributed by atoms with van der Waals surface area (Å²) >= 11 is 5.10. The summed E-state index contributed by atoms with van der Waals surface area (Å²) in [5, 5.41) is 16.3. The van der Waals surface area contributed by atoms with E-state index in [0.29, 0.717) is 11.3 Å². The van der Waals surface area contributed by atoms with Gasteiger partial charge in [-0.3, -0.25) is 20.2 Å². The van der Waals surface area contributed by atoms with Crippen LogP contribution in [0.4, 0.5) is 11.4 Å². The number of carbonyl (C=O) groups excluding carboxylic acids is 1. The van der Waals surface area contributed by atoms with Crippen LogP contribution >= 0.6 is 12.2 Å². The van der Waals surface area contributed by atoms with Crippen molar-refractivity contribution in [2.75, 3.05) is 5.32 Å². The second kappa shape index (κ2) is 8.39. The predicted octanol–water partition coefficient (Wildman–Crippen LogP) is 3.82. The van der Waals surface area contributed by atoms with Crippen molar-refractivity contribution in [3.63, 3.8) is 0 Å². The van der Waals surface area contributed by atoms with Crippen molar-refractivity contribution in [1.29, 1.82) is 0 Å². The molecule has 0 fully saturated rings. The smallest absolute Gasteiger partial charge is 0.292 e. The fourth-order valence-corrected chi connectivity index (χ4v) is 2.41. The van der Waals surface area contributed by atoms with Crippen LogP contribution in [-0.2, 0) is 0 Å². The number of thiocarbonyl (C=S) groups is 1. The summed E-state index contributed by atoms with van der Waals surface area (Å²) in [4.78, 5) is 23.0. The molecule has 2 aromatic carbocycles. The third-order valence-corrected chi connectivity index (χ3v) is 3.50. The van der Waals surface area contributed by atoms with Crippen molar-refractivity contribution < 1.29 is 14.5 Å². The Hall–Kier alpha value is -3.00. The molecule has 0 spiro atoms. The van der Waals surface area contributed by atoms with Gasteiger partial charge in [0.15, 0.2) is 5.11 Å². The quantitative estimate of drug-likeness (QED) is 0.470. The standard InChI is InChI=1S/C18H19N3O4S/c1-11(2)25-14-6-4-5-13(10-14)17(22)20-18(26)19-15-8-7-12(3)9-16(15)21(23)24/h4-11H,1-3H3,(H2,19,20,22,26). The van der Waals surface area contributed by atoms with Crippen LogP contribution in [0.3, 0.4) is 0 Å². The molecule has 0 unspecified atom stereocenters. The highest BCUT2D eigenvalue weighted by Crippen LogP contribution is 2.25. The average molecular weight is 373 g/mol. The molecule has 0 aliphatic carbocycles. The first-order valence-corrected chi connectivity index (χ1v) is 8.31. The van der Waals surface area contributed by atoms with Crippen LogP contribution in [0.15, 0.2) is 42.5 Å². The Morgan fingerprint density at radius 3 is 2.62 bits per heavy atom. The van der Waals surface area contributed by atoms with E-state index in [4.69, 9.17) is 17.0 Å². The van der Waals surface area contributed by atoms with Crippen LogP contribution in [0.25, 0.3) is 0 Å². The highest BCUT2D eigenvalue weighted by molar-refractivity contribution is 7.80. The van der Waals surface area contributed by atoms with E-state index in [2.05, 4.69) is 10.6 Å². The Balaban J connectivity index is 2.09. The summed E-state index contributed by atoms with van der Waals surface area (Å²) in [5.74, 6) is 0.132. The number of hydrogen-bond acceptors (Lipinski definition) is 5. The van der Waals surface area contributed by atoms with E-state index in [1.165, 1.54) is 6.07 Å². The van der Waals surface area contributed by atoms with E-state index >= 15 is 0 Å². The van der Waals surface area contributed by atoms with Gasteiger partial charge < -0.3 is 10.1 Å². The van der Waals surface area contributed by atoms with Gasteiger partial charge in [0.05, 0.1) is 11.0 Å². The third kappa shape index (κ3) is 5.25. The van der Waals surface area contributed by atoms with Gasteiger partial charge in [0, 0.05) is 11.6 Å². The zero-order valence-corrected chi connectivity index (χ0v) is 15.4. The number of benzene rings is 2. The molecule has 2 aromatic rings. The average Bonchev–Trinajstić information content (AvgIpc) is 2.55. The summed E-state index contributed by atoms with van der Waals surface area (Å²) in [6, 6.07) is 11.4. The Bertz CT molecular complexity index is 852. The fraction of sp³-hybridized carbons (Fsp3) is 0.222. The minimum Gasteiger partial charge on any atom is -0.491 e. The first-order chi connectivity index (χ1) is 12.3. The number of nitro benzene ring substituents is 1. The van der Waals surface area contributed by atoms with Crippen LogP contribution in [-0.4, -0.2) is 22.0 Å². The maximum atomic E-state index is 12.3. The number of nitrogens with one attached hydrogen (secondary N) is 2. The molecule has 0 aliphatic heterocycles. The maximum Gasteiger partial charge on any atom is 0.292 e. The number of amides is 1. The number of carbonyl (C=O) groups is 1. The summed E-state index contributed by atoms with van der Waals surface area (Å²) in [6.07, 6.45) is -0.0156. The molecule has 0 radical (unpaired) electrons. The molecule has 2 rings (SSSR count). The van der Waals surface area contributed by atoms with Crippen LogP contribution < -0.4 is 15.4 Å². The minimum absolute atomic E-state index is 0.0156. The van der Waals surface area contributed by atoms with Gasteiger partial charge in [0.2, 0.25) is 0 Å². The topological polar surface area (TPSA) is 93.5 Å². The SMILES string of the molecule is Cc1ccc(NC(=S)NC(=O)c2cccc(OC(C)C)c2)c([N+](=O)[O-])c1. The van der Waals surface area contributed by atoms with Crippen molar-refractivity contribution in [3.8, 4) is 5.75 Å². The lowest BCUT2D eigenvalue weighted by Crippen LogP contribution is -2.34. The molecule has 0 heterocycles. The van der Waals surface area contributed by atoms with Crippen molar-refractivity contribution in [2.45, 2.75) is 26.9 Å². The number of nitrogens with zero attached hydrogens (tertiary/aromatic N) is 1. The highest BCUT2D eigenvalue weighted by atomic mass is 32.1. The summed E-state index contributed by atoms with van der Waals surface area (Å²) in [7, 11) is 0. The number of nitro groups is 1. The largest absolute Gasteiger partial charge is 0.491 e. The molecule has 136 valence electrons. The van der Waals surface area contributed by atoms with Gasteiger partial charge in [-0.2, -0.15) is 0 Å². The molecule has 1 amide bonds. The van der Waals surface area contributed by atoms with Gasteiger partial charge in [-0.05, 0) is 62.8 Å². The number of anilines is 1. The van der Waals surface area contributed by atoms with Gasteiger partial charge in [0.25, 0.3) is 11.6 Å². The molecule has 8 heteroatoms.